The highest BCUT2D eigenvalue weighted by Gasteiger charge is 2.20. The zero-order chi connectivity index (χ0) is 11.3. The summed E-state index contributed by atoms with van der Waals surface area (Å²) in [6, 6.07) is 0. The molecule has 1 rings (SSSR count). The van der Waals surface area contributed by atoms with E-state index in [1.165, 1.54) is 32.5 Å². The van der Waals surface area contributed by atoms with E-state index in [4.69, 9.17) is 18.0 Å². The lowest BCUT2D eigenvalue weighted by Crippen LogP contribution is -2.38. The van der Waals surface area contributed by atoms with Gasteiger partial charge in [-0.05, 0) is 51.2 Å². The highest BCUT2D eigenvalue weighted by molar-refractivity contribution is 7.80. The average molecular weight is 228 g/mol. The molecule has 1 saturated heterocycles. The van der Waals surface area contributed by atoms with Gasteiger partial charge >= 0.3 is 0 Å². The number of nitrogens with zero attached hydrogens (tertiary/aromatic N) is 1. The number of rotatable bonds is 5. The Labute approximate surface area is 99.2 Å². The highest BCUT2D eigenvalue weighted by atomic mass is 32.1. The molecule has 3 heteroatoms. The van der Waals surface area contributed by atoms with Gasteiger partial charge in [-0.2, -0.15) is 0 Å². The van der Waals surface area contributed by atoms with Crippen LogP contribution in [0.15, 0.2) is 0 Å². The Hall–Kier alpha value is -0.150. The maximum atomic E-state index is 5.67. The van der Waals surface area contributed by atoms with E-state index < -0.39 is 0 Å². The van der Waals surface area contributed by atoms with Crippen LogP contribution in [0.25, 0.3) is 0 Å². The van der Waals surface area contributed by atoms with Crippen molar-refractivity contribution in [2.24, 2.45) is 17.6 Å². The summed E-state index contributed by atoms with van der Waals surface area (Å²) in [6.45, 7) is 8.20. The number of piperidine rings is 1. The summed E-state index contributed by atoms with van der Waals surface area (Å²) in [7, 11) is 0. The number of nitrogens with two attached hydrogens (primary N) is 1. The second-order valence-corrected chi connectivity index (χ2v) is 5.53. The van der Waals surface area contributed by atoms with Gasteiger partial charge in [0.2, 0.25) is 0 Å². The third-order valence-electron chi connectivity index (χ3n) is 3.25. The minimum Gasteiger partial charge on any atom is -0.393 e. The Balaban J connectivity index is 2.12. The molecule has 15 heavy (non-hydrogen) atoms. The van der Waals surface area contributed by atoms with Gasteiger partial charge in [0.25, 0.3) is 0 Å². The zero-order valence-corrected chi connectivity index (χ0v) is 10.9. The first-order valence-electron chi connectivity index (χ1n) is 6.11. The maximum Gasteiger partial charge on any atom is 0.0759 e. The van der Waals surface area contributed by atoms with Gasteiger partial charge in [0, 0.05) is 5.92 Å². The van der Waals surface area contributed by atoms with Crippen LogP contribution in [0.4, 0.5) is 0 Å². The van der Waals surface area contributed by atoms with Crippen LogP contribution in [-0.2, 0) is 0 Å². The van der Waals surface area contributed by atoms with Gasteiger partial charge in [0.05, 0.1) is 4.99 Å². The van der Waals surface area contributed by atoms with Crippen molar-refractivity contribution < 1.29 is 0 Å². The third-order valence-corrected chi connectivity index (χ3v) is 3.58. The quantitative estimate of drug-likeness (QED) is 0.733. The van der Waals surface area contributed by atoms with Gasteiger partial charge < -0.3 is 10.6 Å². The molecule has 2 N–H and O–H groups in total. The van der Waals surface area contributed by atoms with Crippen LogP contribution in [-0.4, -0.2) is 29.5 Å². The van der Waals surface area contributed by atoms with Crippen molar-refractivity contribution in [3.05, 3.63) is 0 Å². The monoisotopic (exact) mass is 228 g/mol. The van der Waals surface area contributed by atoms with E-state index in [9.17, 15) is 0 Å². The topological polar surface area (TPSA) is 29.3 Å². The molecule has 0 bridgehead atoms. The van der Waals surface area contributed by atoms with E-state index in [1.807, 2.05) is 0 Å². The molecule has 1 aliphatic rings. The van der Waals surface area contributed by atoms with Crippen LogP contribution < -0.4 is 5.73 Å². The Morgan fingerprint density at radius 1 is 1.40 bits per heavy atom. The first-order valence-corrected chi connectivity index (χ1v) is 6.52. The molecule has 0 aromatic heterocycles. The molecule has 0 saturated carbocycles. The fourth-order valence-electron chi connectivity index (χ4n) is 2.16. The maximum absolute atomic E-state index is 5.67. The minimum atomic E-state index is 0.501. The lowest BCUT2D eigenvalue weighted by Gasteiger charge is -2.31. The van der Waals surface area contributed by atoms with E-state index in [2.05, 4.69) is 18.7 Å². The van der Waals surface area contributed by atoms with Gasteiger partial charge in [0.1, 0.15) is 0 Å². The molecule has 0 aromatic carbocycles. The van der Waals surface area contributed by atoms with Crippen LogP contribution in [0.5, 0.6) is 0 Å². The summed E-state index contributed by atoms with van der Waals surface area (Å²) in [6.07, 6.45) is 5.00. The van der Waals surface area contributed by atoms with Gasteiger partial charge in [-0.1, -0.05) is 26.1 Å². The van der Waals surface area contributed by atoms with Crippen molar-refractivity contribution in [3.8, 4) is 0 Å². The van der Waals surface area contributed by atoms with Gasteiger partial charge in [-0.15, -0.1) is 0 Å². The SMILES string of the molecule is CC(C)CCCN1CCC(C(N)=S)CC1. The Bertz CT molecular complexity index is 196. The molecule has 2 nitrogen and oxygen atoms in total. The molecule has 0 spiro atoms. The van der Waals surface area contributed by atoms with Crippen molar-refractivity contribution in [3.63, 3.8) is 0 Å². The smallest absolute Gasteiger partial charge is 0.0759 e. The Morgan fingerprint density at radius 2 is 2.00 bits per heavy atom. The molecule has 0 aromatic rings. The molecular weight excluding hydrogens is 204 g/mol. The number of likely N-dealkylation sites (tertiary alicyclic amines) is 1. The van der Waals surface area contributed by atoms with Gasteiger partial charge in [-0.3, -0.25) is 0 Å². The van der Waals surface area contributed by atoms with Crippen LogP contribution in [0.2, 0.25) is 0 Å². The third kappa shape index (κ3) is 4.94. The summed E-state index contributed by atoms with van der Waals surface area (Å²) in [5.74, 6) is 1.33. The Kier molecular flexibility index (Phi) is 5.54. The minimum absolute atomic E-state index is 0.501. The molecular formula is C12H24N2S. The molecule has 1 fully saturated rings. The lowest BCUT2D eigenvalue weighted by molar-refractivity contribution is 0.204. The Morgan fingerprint density at radius 3 is 2.47 bits per heavy atom. The molecule has 1 aliphatic heterocycles. The molecule has 1 heterocycles. The normalized spacial score (nSPS) is 19.7. The number of hydrogen-bond donors (Lipinski definition) is 1. The fourth-order valence-corrected chi connectivity index (χ4v) is 2.40. The number of thiocarbonyl (C=S) groups is 1. The molecule has 0 atom stereocenters. The van der Waals surface area contributed by atoms with Crippen molar-refractivity contribution >= 4 is 17.2 Å². The molecule has 0 unspecified atom stereocenters. The predicted octanol–water partition coefficient (Wildman–Crippen LogP) is 2.42. The van der Waals surface area contributed by atoms with Gasteiger partial charge in [-0.25, -0.2) is 0 Å². The average Bonchev–Trinajstić information content (AvgIpc) is 2.18. The van der Waals surface area contributed by atoms with Crippen LogP contribution >= 0.6 is 12.2 Å². The van der Waals surface area contributed by atoms with E-state index in [1.54, 1.807) is 0 Å². The highest BCUT2D eigenvalue weighted by Crippen LogP contribution is 2.18. The molecule has 0 radical (unpaired) electrons. The summed E-state index contributed by atoms with van der Waals surface area (Å²) >= 11 is 5.04. The van der Waals surface area contributed by atoms with Crippen LogP contribution in [0.1, 0.15) is 39.5 Å². The van der Waals surface area contributed by atoms with Crippen LogP contribution in [0, 0.1) is 11.8 Å². The van der Waals surface area contributed by atoms with Crippen molar-refractivity contribution in [1.29, 1.82) is 0 Å². The standard InChI is InChI=1S/C12H24N2S/c1-10(2)4-3-7-14-8-5-11(6-9-14)12(13)15/h10-11H,3-9H2,1-2H3,(H2,13,15). The first-order chi connectivity index (χ1) is 7.09. The fraction of sp³-hybridized carbons (Fsp3) is 0.917. The lowest BCUT2D eigenvalue weighted by atomic mass is 9.96. The molecule has 0 aliphatic carbocycles. The first kappa shape index (κ1) is 12.9. The van der Waals surface area contributed by atoms with Crippen molar-refractivity contribution in [2.45, 2.75) is 39.5 Å². The summed E-state index contributed by atoms with van der Waals surface area (Å²) < 4.78 is 0. The van der Waals surface area contributed by atoms with E-state index >= 15 is 0 Å². The van der Waals surface area contributed by atoms with E-state index in [-0.39, 0.29) is 0 Å². The largest absolute Gasteiger partial charge is 0.393 e. The summed E-state index contributed by atoms with van der Waals surface area (Å²) in [4.78, 5) is 3.27. The van der Waals surface area contributed by atoms with Crippen LogP contribution in [0.3, 0.4) is 0 Å². The summed E-state index contributed by atoms with van der Waals surface area (Å²) in [5.41, 5.74) is 5.67. The molecule has 88 valence electrons. The van der Waals surface area contributed by atoms with E-state index in [0.29, 0.717) is 5.92 Å². The number of hydrogen-bond acceptors (Lipinski definition) is 2. The zero-order valence-electron chi connectivity index (χ0n) is 10.0. The summed E-state index contributed by atoms with van der Waals surface area (Å²) in [5, 5.41) is 0. The van der Waals surface area contributed by atoms with E-state index in [0.717, 1.165) is 23.7 Å². The molecule has 0 amide bonds. The second-order valence-electron chi connectivity index (χ2n) is 5.05. The van der Waals surface area contributed by atoms with Crippen molar-refractivity contribution in [2.75, 3.05) is 19.6 Å². The van der Waals surface area contributed by atoms with Gasteiger partial charge in [0.15, 0.2) is 0 Å². The van der Waals surface area contributed by atoms with Crippen molar-refractivity contribution in [1.82, 2.24) is 4.90 Å². The predicted molar refractivity (Wildman–Crippen MR) is 70.0 cm³/mol. The second kappa shape index (κ2) is 6.44.